The first-order chi connectivity index (χ1) is 8.61. The number of nitrogens with one attached hydrogen (secondary N) is 2. The molecule has 0 saturated heterocycles. The Morgan fingerprint density at radius 1 is 1.33 bits per heavy atom. The summed E-state index contributed by atoms with van der Waals surface area (Å²) in [5, 5.41) is 4.16. The van der Waals surface area contributed by atoms with Crippen molar-refractivity contribution in [1.29, 1.82) is 0 Å². The molecule has 1 unspecified atom stereocenters. The summed E-state index contributed by atoms with van der Waals surface area (Å²) in [7, 11) is 0. The number of benzene rings is 1. The molecule has 0 aliphatic rings. The van der Waals surface area contributed by atoms with Gasteiger partial charge in [-0.15, -0.1) is 0 Å². The lowest BCUT2D eigenvalue weighted by Crippen LogP contribution is -2.37. The highest BCUT2D eigenvalue weighted by Gasteiger charge is 2.15. The Bertz CT molecular complexity index is 542. The van der Waals surface area contributed by atoms with Gasteiger partial charge in [0.15, 0.2) is 0 Å². The number of rotatable bonds is 4. The van der Waals surface area contributed by atoms with E-state index in [0.717, 1.165) is 22.9 Å². The second kappa shape index (κ2) is 5.25. The van der Waals surface area contributed by atoms with Crippen LogP contribution in [0.15, 0.2) is 30.5 Å². The van der Waals surface area contributed by atoms with Gasteiger partial charge in [-0.2, -0.15) is 0 Å². The Morgan fingerprint density at radius 3 is 2.78 bits per heavy atom. The second-order valence-electron chi connectivity index (χ2n) is 5.01. The van der Waals surface area contributed by atoms with Crippen LogP contribution >= 0.6 is 0 Å². The molecule has 1 aromatic carbocycles. The van der Waals surface area contributed by atoms with Gasteiger partial charge in [0.05, 0.1) is 0 Å². The van der Waals surface area contributed by atoms with Crippen molar-refractivity contribution in [2.24, 2.45) is 5.92 Å². The number of carbonyl (C=O) groups excluding carboxylic acids is 1. The number of carbonyl (C=O) groups is 1. The molecule has 18 heavy (non-hydrogen) atoms. The molecule has 0 aliphatic heterocycles. The third-order valence-corrected chi connectivity index (χ3v) is 3.38. The molecule has 3 nitrogen and oxygen atoms in total. The summed E-state index contributed by atoms with van der Waals surface area (Å²) in [5.41, 5.74) is 1.78. The molecule has 2 aromatic rings. The van der Waals surface area contributed by atoms with Gasteiger partial charge >= 0.3 is 0 Å². The topological polar surface area (TPSA) is 44.9 Å². The van der Waals surface area contributed by atoms with Crippen molar-refractivity contribution < 1.29 is 4.79 Å². The van der Waals surface area contributed by atoms with Crippen molar-refractivity contribution in [2.75, 3.05) is 0 Å². The minimum Gasteiger partial charge on any atom is -0.361 e. The summed E-state index contributed by atoms with van der Waals surface area (Å²) in [6.45, 7) is 6.36. The summed E-state index contributed by atoms with van der Waals surface area (Å²) in [6.07, 6.45) is 2.84. The van der Waals surface area contributed by atoms with Crippen molar-refractivity contribution in [3.8, 4) is 0 Å². The summed E-state index contributed by atoms with van der Waals surface area (Å²) >= 11 is 0. The van der Waals surface area contributed by atoms with E-state index >= 15 is 0 Å². The fraction of sp³-hybridized carbons (Fsp3) is 0.400. The second-order valence-corrected chi connectivity index (χ2v) is 5.01. The fourth-order valence-corrected chi connectivity index (χ4v) is 2.19. The molecule has 1 heterocycles. The van der Waals surface area contributed by atoms with Gasteiger partial charge in [0.2, 0.25) is 0 Å². The standard InChI is InChI=1S/C15H20N2O/c1-4-13(10(2)3)17-15(18)12-5-6-14-11(9-12)7-8-16-14/h5-10,13,16H,4H2,1-3H3,(H,17,18). The van der Waals surface area contributed by atoms with Gasteiger partial charge in [-0.05, 0) is 36.6 Å². The molecule has 96 valence electrons. The van der Waals surface area contributed by atoms with E-state index in [4.69, 9.17) is 0 Å². The molecule has 0 spiro atoms. The van der Waals surface area contributed by atoms with Crippen LogP contribution in [0.25, 0.3) is 10.9 Å². The van der Waals surface area contributed by atoms with Crippen LogP contribution in [-0.2, 0) is 0 Å². The first-order valence-electron chi connectivity index (χ1n) is 6.49. The number of hydrogen-bond acceptors (Lipinski definition) is 1. The van der Waals surface area contributed by atoms with Gasteiger partial charge in [-0.3, -0.25) is 4.79 Å². The van der Waals surface area contributed by atoms with Gasteiger partial charge in [0, 0.05) is 28.7 Å². The van der Waals surface area contributed by atoms with Crippen LogP contribution in [0.2, 0.25) is 0 Å². The highest BCUT2D eigenvalue weighted by atomic mass is 16.1. The molecule has 2 rings (SSSR count). The molecule has 0 aliphatic carbocycles. The third kappa shape index (κ3) is 2.55. The average molecular weight is 244 g/mol. The molecule has 0 bridgehead atoms. The summed E-state index contributed by atoms with van der Waals surface area (Å²) in [5.74, 6) is 0.466. The van der Waals surface area contributed by atoms with Crippen molar-refractivity contribution in [3.05, 3.63) is 36.0 Å². The summed E-state index contributed by atoms with van der Waals surface area (Å²) in [6, 6.07) is 7.95. The minimum absolute atomic E-state index is 0.0126. The average Bonchev–Trinajstić information content (AvgIpc) is 2.82. The Kier molecular flexibility index (Phi) is 3.70. The maximum Gasteiger partial charge on any atom is 0.251 e. The zero-order chi connectivity index (χ0) is 13.1. The smallest absolute Gasteiger partial charge is 0.251 e. The number of aromatic nitrogens is 1. The number of hydrogen-bond donors (Lipinski definition) is 2. The highest BCUT2D eigenvalue weighted by Crippen LogP contribution is 2.15. The largest absolute Gasteiger partial charge is 0.361 e. The maximum atomic E-state index is 12.2. The zero-order valence-corrected chi connectivity index (χ0v) is 11.2. The third-order valence-electron chi connectivity index (χ3n) is 3.38. The molecule has 3 heteroatoms. The normalized spacial score (nSPS) is 12.9. The molecular formula is C15H20N2O. The van der Waals surface area contributed by atoms with Crippen molar-refractivity contribution in [2.45, 2.75) is 33.2 Å². The molecule has 1 aromatic heterocycles. The van der Waals surface area contributed by atoms with Gasteiger partial charge in [0.1, 0.15) is 0 Å². The van der Waals surface area contributed by atoms with Crippen LogP contribution in [0.1, 0.15) is 37.6 Å². The van der Waals surface area contributed by atoms with E-state index in [0.29, 0.717) is 5.92 Å². The lowest BCUT2D eigenvalue weighted by Gasteiger charge is -2.20. The van der Waals surface area contributed by atoms with Gasteiger partial charge in [0.25, 0.3) is 5.91 Å². The number of fused-ring (bicyclic) bond motifs is 1. The van der Waals surface area contributed by atoms with Crippen LogP contribution in [-0.4, -0.2) is 16.9 Å². The molecular weight excluding hydrogens is 224 g/mol. The van der Waals surface area contributed by atoms with Gasteiger partial charge in [-0.25, -0.2) is 0 Å². The molecule has 1 atom stereocenters. The number of aromatic amines is 1. The molecule has 0 radical (unpaired) electrons. The predicted octanol–water partition coefficient (Wildman–Crippen LogP) is 3.33. The van der Waals surface area contributed by atoms with Crippen LogP contribution in [0.4, 0.5) is 0 Å². The molecule has 2 N–H and O–H groups in total. The van der Waals surface area contributed by atoms with E-state index < -0.39 is 0 Å². The van der Waals surface area contributed by atoms with E-state index in [9.17, 15) is 4.79 Å². The lowest BCUT2D eigenvalue weighted by molar-refractivity contribution is 0.0925. The van der Waals surface area contributed by atoms with E-state index in [1.165, 1.54) is 0 Å². The van der Waals surface area contributed by atoms with Gasteiger partial charge < -0.3 is 10.3 Å². The Hall–Kier alpha value is -1.77. The molecule has 1 amide bonds. The summed E-state index contributed by atoms with van der Waals surface area (Å²) < 4.78 is 0. The van der Waals surface area contributed by atoms with Crippen molar-refractivity contribution in [3.63, 3.8) is 0 Å². The van der Waals surface area contributed by atoms with E-state index in [1.807, 2.05) is 30.5 Å². The van der Waals surface area contributed by atoms with Crippen molar-refractivity contribution in [1.82, 2.24) is 10.3 Å². The SMILES string of the molecule is CCC(NC(=O)c1ccc2[nH]ccc2c1)C(C)C. The minimum atomic E-state index is 0.0126. The first kappa shape index (κ1) is 12.7. The van der Waals surface area contributed by atoms with E-state index in [2.05, 4.69) is 31.1 Å². The van der Waals surface area contributed by atoms with Crippen LogP contribution in [0.5, 0.6) is 0 Å². The van der Waals surface area contributed by atoms with Crippen LogP contribution in [0.3, 0.4) is 0 Å². The maximum absolute atomic E-state index is 12.2. The lowest BCUT2D eigenvalue weighted by atomic mass is 10.0. The molecule has 0 saturated carbocycles. The first-order valence-corrected chi connectivity index (χ1v) is 6.49. The monoisotopic (exact) mass is 244 g/mol. The molecule has 0 fully saturated rings. The van der Waals surface area contributed by atoms with Crippen molar-refractivity contribution >= 4 is 16.8 Å². The predicted molar refractivity (Wildman–Crippen MR) is 74.7 cm³/mol. The quantitative estimate of drug-likeness (QED) is 0.851. The number of H-pyrrole nitrogens is 1. The summed E-state index contributed by atoms with van der Waals surface area (Å²) in [4.78, 5) is 15.3. The van der Waals surface area contributed by atoms with Crippen LogP contribution < -0.4 is 5.32 Å². The number of amides is 1. The fourth-order valence-electron chi connectivity index (χ4n) is 2.19. The van der Waals surface area contributed by atoms with E-state index in [1.54, 1.807) is 0 Å². The van der Waals surface area contributed by atoms with Crippen LogP contribution in [0, 0.1) is 5.92 Å². The Labute approximate surface area is 108 Å². The zero-order valence-electron chi connectivity index (χ0n) is 11.2. The Morgan fingerprint density at radius 2 is 2.11 bits per heavy atom. The van der Waals surface area contributed by atoms with E-state index in [-0.39, 0.29) is 11.9 Å². The Balaban J connectivity index is 2.17. The van der Waals surface area contributed by atoms with Gasteiger partial charge in [-0.1, -0.05) is 20.8 Å². The highest BCUT2D eigenvalue weighted by molar-refractivity contribution is 5.98.